The van der Waals surface area contributed by atoms with E-state index in [1.807, 2.05) is 38.2 Å². The quantitative estimate of drug-likeness (QED) is 0.699. The molecule has 2 aliphatic heterocycles. The van der Waals surface area contributed by atoms with Crippen molar-refractivity contribution in [1.82, 2.24) is 14.4 Å². The Balaban J connectivity index is 1.58. The number of halogens is 3. The maximum atomic E-state index is 13.0. The lowest BCUT2D eigenvalue weighted by molar-refractivity contribution is -0.0892. The first-order valence-electron chi connectivity index (χ1n) is 10.0. The molecule has 5 nitrogen and oxygen atoms in total. The van der Waals surface area contributed by atoms with Gasteiger partial charge in [-0.05, 0) is 51.1 Å². The maximum absolute atomic E-state index is 13.0. The number of carbonyl (C=O) groups excluding carboxylic acids is 2. The fourth-order valence-corrected chi connectivity index (χ4v) is 4.71. The summed E-state index contributed by atoms with van der Waals surface area (Å²) in [6.45, 7) is 3.86. The second kappa shape index (κ2) is 7.27. The highest BCUT2D eigenvalue weighted by Gasteiger charge is 2.47. The normalized spacial score (nSPS) is 19.0. The van der Waals surface area contributed by atoms with Gasteiger partial charge in [-0.25, -0.2) is 0 Å². The van der Waals surface area contributed by atoms with Gasteiger partial charge in [0.05, 0.1) is 11.2 Å². The highest BCUT2D eigenvalue weighted by atomic mass is 19.4. The van der Waals surface area contributed by atoms with Gasteiger partial charge in [-0.1, -0.05) is 17.7 Å². The van der Waals surface area contributed by atoms with Crippen LogP contribution in [0.2, 0.25) is 0 Å². The van der Waals surface area contributed by atoms with Gasteiger partial charge >= 0.3 is 6.18 Å². The molecule has 1 fully saturated rings. The fraction of sp³-hybridized carbons (Fsp3) is 0.455. The van der Waals surface area contributed by atoms with Crippen LogP contribution in [0.1, 0.15) is 44.9 Å². The molecule has 0 radical (unpaired) electrons. The van der Waals surface area contributed by atoms with Gasteiger partial charge < -0.3 is 9.47 Å². The summed E-state index contributed by atoms with van der Waals surface area (Å²) in [7, 11) is 1.96. The predicted molar refractivity (Wildman–Crippen MR) is 105 cm³/mol. The standard InChI is InChI=1S/C22H24F3N3O2/c1-15-3-5-16(6-4-15)20(30)27-11-9-21(10-12-27)18-8-7-17(19(29)22(23,24)25)28(18)14-13-26(21)2/h3-8H,9-14H2,1-2H3. The van der Waals surface area contributed by atoms with E-state index in [0.29, 0.717) is 44.6 Å². The summed E-state index contributed by atoms with van der Waals surface area (Å²) < 4.78 is 40.5. The first-order chi connectivity index (χ1) is 14.1. The Hall–Kier alpha value is -2.61. The molecule has 0 unspecified atom stereocenters. The number of piperidine rings is 1. The minimum atomic E-state index is -4.89. The number of hydrogen-bond acceptors (Lipinski definition) is 3. The molecule has 4 rings (SSSR count). The molecule has 160 valence electrons. The lowest BCUT2D eigenvalue weighted by Gasteiger charge is -2.50. The van der Waals surface area contributed by atoms with Crippen molar-refractivity contribution in [2.75, 3.05) is 26.7 Å². The molecule has 30 heavy (non-hydrogen) atoms. The predicted octanol–water partition coefficient (Wildman–Crippen LogP) is 3.62. The number of likely N-dealkylation sites (tertiary alicyclic amines) is 1. The zero-order valence-corrected chi connectivity index (χ0v) is 17.0. The third kappa shape index (κ3) is 3.33. The Morgan fingerprint density at radius 3 is 2.17 bits per heavy atom. The summed E-state index contributed by atoms with van der Waals surface area (Å²) in [5, 5.41) is 0. The molecule has 0 aliphatic carbocycles. The van der Waals surface area contributed by atoms with E-state index in [-0.39, 0.29) is 11.6 Å². The molecule has 0 atom stereocenters. The molecule has 1 spiro atoms. The molecule has 1 aromatic heterocycles. The van der Waals surface area contributed by atoms with Crippen LogP contribution in [0.3, 0.4) is 0 Å². The minimum Gasteiger partial charge on any atom is -0.339 e. The molecule has 0 bridgehead atoms. The molecule has 0 saturated carbocycles. The van der Waals surface area contributed by atoms with Gasteiger partial charge in [-0.15, -0.1) is 0 Å². The van der Waals surface area contributed by atoms with Crippen LogP contribution in [0.4, 0.5) is 13.2 Å². The summed E-state index contributed by atoms with van der Waals surface area (Å²) in [5.41, 5.74) is 1.66. The number of fused-ring (bicyclic) bond motifs is 2. The first-order valence-corrected chi connectivity index (χ1v) is 10.0. The lowest BCUT2D eigenvalue weighted by Crippen LogP contribution is -2.56. The van der Waals surface area contributed by atoms with Crippen molar-refractivity contribution in [1.29, 1.82) is 0 Å². The van der Waals surface area contributed by atoms with E-state index in [4.69, 9.17) is 0 Å². The minimum absolute atomic E-state index is 0.0355. The van der Waals surface area contributed by atoms with E-state index in [0.717, 1.165) is 11.3 Å². The number of nitrogens with zero attached hydrogens (tertiary/aromatic N) is 3. The van der Waals surface area contributed by atoms with Gasteiger partial charge in [0.1, 0.15) is 0 Å². The second-order valence-electron chi connectivity index (χ2n) is 8.19. The van der Waals surface area contributed by atoms with E-state index < -0.39 is 17.5 Å². The third-order valence-electron chi connectivity index (χ3n) is 6.51. The molecule has 0 N–H and O–H groups in total. The third-order valence-corrected chi connectivity index (χ3v) is 6.51. The van der Waals surface area contributed by atoms with E-state index in [2.05, 4.69) is 4.90 Å². The number of aromatic nitrogens is 1. The zero-order valence-electron chi connectivity index (χ0n) is 17.0. The molecule has 1 aromatic carbocycles. The number of aryl methyl sites for hydroxylation is 1. The highest BCUT2D eigenvalue weighted by molar-refractivity contribution is 5.99. The molecular weight excluding hydrogens is 395 g/mol. The number of Topliss-reactive ketones (excluding diaryl/α,β-unsaturated/α-hetero) is 1. The lowest BCUT2D eigenvalue weighted by atomic mass is 9.81. The zero-order chi connectivity index (χ0) is 21.7. The number of rotatable bonds is 2. The van der Waals surface area contributed by atoms with Crippen LogP contribution in [0, 0.1) is 6.92 Å². The van der Waals surface area contributed by atoms with Crippen molar-refractivity contribution in [3.8, 4) is 0 Å². The summed E-state index contributed by atoms with van der Waals surface area (Å²) in [4.78, 5) is 28.7. The van der Waals surface area contributed by atoms with Crippen LogP contribution in [-0.4, -0.2) is 58.9 Å². The average Bonchev–Trinajstić information content (AvgIpc) is 3.15. The summed E-state index contributed by atoms with van der Waals surface area (Å²) >= 11 is 0. The Kier molecular flexibility index (Phi) is 5.00. The monoisotopic (exact) mass is 419 g/mol. The molecule has 2 aliphatic rings. The van der Waals surface area contributed by atoms with Gasteiger partial charge in [0, 0.05) is 37.4 Å². The number of amides is 1. The molecular formula is C22H24F3N3O2. The fourth-order valence-electron chi connectivity index (χ4n) is 4.71. The topological polar surface area (TPSA) is 45.6 Å². The van der Waals surface area contributed by atoms with Crippen molar-refractivity contribution in [2.24, 2.45) is 0 Å². The number of carbonyl (C=O) groups is 2. The summed E-state index contributed by atoms with van der Waals surface area (Å²) in [6.07, 6.45) is -3.69. The summed E-state index contributed by atoms with van der Waals surface area (Å²) in [5.74, 6) is -1.84. The van der Waals surface area contributed by atoms with Gasteiger partial charge in [-0.3, -0.25) is 14.5 Å². The number of benzene rings is 1. The van der Waals surface area contributed by atoms with Gasteiger partial charge in [0.25, 0.3) is 11.7 Å². The Morgan fingerprint density at radius 1 is 0.933 bits per heavy atom. The van der Waals surface area contributed by atoms with Crippen LogP contribution in [0.5, 0.6) is 0 Å². The van der Waals surface area contributed by atoms with Gasteiger partial charge in [0.15, 0.2) is 0 Å². The van der Waals surface area contributed by atoms with Crippen LogP contribution in [-0.2, 0) is 12.1 Å². The van der Waals surface area contributed by atoms with E-state index in [9.17, 15) is 22.8 Å². The van der Waals surface area contributed by atoms with E-state index >= 15 is 0 Å². The Morgan fingerprint density at radius 2 is 1.57 bits per heavy atom. The van der Waals surface area contributed by atoms with Crippen LogP contribution in [0.25, 0.3) is 0 Å². The molecule has 2 aromatic rings. The summed E-state index contributed by atoms with van der Waals surface area (Å²) in [6, 6.07) is 10.4. The highest BCUT2D eigenvalue weighted by Crippen LogP contribution is 2.42. The van der Waals surface area contributed by atoms with E-state index in [1.54, 1.807) is 11.0 Å². The SMILES string of the molecule is Cc1ccc(C(=O)N2CCC3(CC2)c2ccc(C(=O)C(F)(F)F)n2CCN3C)cc1. The largest absolute Gasteiger partial charge is 0.456 e. The number of alkyl halides is 3. The Labute approximate surface area is 173 Å². The van der Waals surface area contributed by atoms with Gasteiger partial charge in [0.2, 0.25) is 0 Å². The number of hydrogen-bond donors (Lipinski definition) is 0. The van der Waals surface area contributed by atoms with Crippen molar-refractivity contribution in [3.05, 3.63) is 58.9 Å². The Bertz CT molecular complexity index is 971. The number of likely N-dealkylation sites (N-methyl/N-ethyl adjacent to an activating group) is 1. The van der Waals surface area contributed by atoms with Crippen molar-refractivity contribution < 1.29 is 22.8 Å². The van der Waals surface area contributed by atoms with Crippen LogP contribution >= 0.6 is 0 Å². The molecule has 1 amide bonds. The van der Waals surface area contributed by atoms with Crippen molar-refractivity contribution in [2.45, 2.75) is 38.0 Å². The van der Waals surface area contributed by atoms with Gasteiger partial charge in [-0.2, -0.15) is 13.2 Å². The van der Waals surface area contributed by atoms with Crippen LogP contribution < -0.4 is 0 Å². The van der Waals surface area contributed by atoms with Crippen molar-refractivity contribution in [3.63, 3.8) is 0 Å². The molecule has 8 heteroatoms. The molecule has 3 heterocycles. The average molecular weight is 419 g/mol. The molecule has 1 saturated heterocycles. The van der Waals surface area contributed by atoms with E-state index in [1.165, 1.54) is 10.6 Å². The van der Waals surface area contributed by atoms with Crippen LogP contribution in [0.15, 0.2) is 36.4 Å². The second-order valence-corrected chi connectivity index (χ2v) is 8.19. The van der Waals surface area contributed by atoms with Crippen molar-refractivity contribution >= 4 is 11.7 Å². The number of ketones is 1. The first kappa shape index (κ1) is 20.7. The smallest absolute Gasteiger partial charge is 0.339 e. The maximum Gasteiger partial charge on any atom is 0.456 e.